The number of sulfonamides is 1. The third kappa shape index (κ3) is 3.72. The summed E-state index contributed by atoms with van der Waals surface area (Å²) in [5, 5.41) is 4.02. The van der Waals surface area contributed by atoms with Crippen molar-refractivity contribution in [1.29, 1.82) is 0 Å². The summed E-state index contributed by atoms with van der Waals surface area (Å²) in [5.41, 5.74) is 3.15. The van der Waals surface area contributed by atoms with E-state index in [1.54, 1.807) is 23.0 Å². The van der Waals surface area contributed by atoms with E-state index in [-0.39, 0.29) is 4.90 Å². The molecule has 0 unspecified atom stereocenters. The van der Waals surface area contributed by atoms with Crippen molar-refractivity contribution in [3.05, 3.63) is 84.8 Å². The number of aromatic nitrogens is 3. The Morgan fingerprint density at radius 2 is 1.97 bits per heavy atom. The van der Waals surface area contributed by atoms with Crippen molar-refractivity contribution in [2.75, 3.05) is 7.05 Å². The second kappa shape index (κ2) is 7.44. The monoisotopic (exact) mass is 409 g/mol. The number of hydrogen-bond donors (Lipinski definition) is 0. The van der Waals surface area contributed by atoms with Crippen LogP contribution in [0.2, 0.25) is 0 Å². The normalized spacial score (nSPS) is 11.9. The molecule has 0 radical (unpaired) electrons. The molecule has 0 aliphatic rings. The molecule has 29 heavy (non-hydrogen) atoms. The molecule has 0 amide bonds. The number of halogens is 1. The largest absolute Gasteiger partial charge is 0.298 e. The number of benzene rings is 1. The van der Waals surface area contributed by atoms with Crippen LogP contribution in [-0.4, -0.2) is 40.5 Å². The third-order valence-corrected chi connectivity index (χ3v) is 5.96. The van der Waals surface area contributed by atoms with Gasteiger partial charge in [0.2, 0.25) is 0 Å². The summed E-state index contributed by atoms with van der Waals surface area (Å²) in [5.74, 6) is -0.631. The molecule has 0 saturated heterocycles. The quantitative estimate of drug-likeness (QED) is 0.375. The molecule has 146 valence electrons. The van der Waals surface area contributed by atoms with E-state index in [1.807, 2.05) is 30.5 Å². The van der Waals surface area contributed by atoms with Crippen molar-refractivity contribution >= 4 is 21.9 Å². The molecule has 9 heteroatoms. The predicted molar refractivity (Wildman–Crippen MR) is 107 cm³/mol. The highest BCUT2D eigenvalue weighted by Crippen LogP contribution is 2.20. The van der Waals surface area contributed by atoms with Gasteiger partial charge in [-0.2, -0.15) is 17.9 Å². The molecule has 3 aromatic heterocycles. The summed E-state index contributed by atoms with van der Waals surface area (Å²) in [6.45, 7) is 0. The van der Waals surface area contributed by atoms with Crippen LogP contribution < -0.4 is 0 Å². The molecule has 4 aromatic rings. The van der Waals surface area contributed by atoms with Crippen molar-refractivity contribution in [2.24, 2.45) is 5.10 Å². The Morgan fingerprint density at radius 1 is 1.10 bits per heavy atom. The minimum atomic E-state index is -3.96. The maximum absolute atomic E-state index is 13.4. The molecule has 4 rings (SSSR count). The number of hydrogen-bond acceptors (Lipinski definition) is 5. The molecule has 0 bridgehead atoms. The molecular formula is C20H16FN5O2S. The van der Waals surface area contributed by atoms with Crippen molar-refractivity contribution < 1.29 is 12.8 Å². The van der Waals surface area contributed by atoms with Gasteiger partial charge in [-0.1, -0.05) is 12.1 Å². The van der Waals surface area contributed by atoms with Crippen molar-refractivity contribution in [3.63, 3.8) is 0 Å². The van der Waals surface area contributed by atoms with Gasteiger partial charge >= 0.3 is 0 Å². The molecule has 0 N–H and O–H groups in total. The lowest BCUT2D eigenvalue weighted by atomic mass is 10.1. The summed E-state index contributed by atoms with van der Waals surface area (Å²) < 4.78 is 41.1. The van der Waals surface area contributed by atoms with Gasteiger partial charge in [-0.15, -0.1) is 0 Å². The Kier molecular flexibility index (Phi) is 4.81. The molecule has 0 fully saturated rings. The van der Waals surface area contributed by atoms with Crippen LogP contribution in [0.15, 0.2) is 83.3 Å². The lowest BCUT2D eigenvalue weighted by Crippen LogP contribution is -2.22. The van der Waals surface area contributed by atoms with E-state index < -0.39 is 15.8 Å². The van der Waals surface area contributed by atoms with E-state index in [1.165, 1.54) is 31.5 Å². The Morgan fingerprint density at radius 3 is 2.72 bits per heavy atom. The van der Waals surface area contributed by atoms with E-state index >= 15 is 0 Å². The minimum absolute atomic E-state index is 0.172. The first-order valence-electron chi connectivity index (χ1n) is 8.61. The zero-order chi connectivity index (χ0) is 20.4. The zero-order valence-corrected chi connectivity index (χ0v) is 16.2. The summed E-state index contributed by atoms with van der Waals surface area (Å²) >= 11 is 0. The lowest BCUT2D eigenvalue weighted by Gasteiger charge is -2.13. The second-order valence-electron chi connectivity index (χ2n) is 6.21. The van der Waals surface area contributed by atoms with Gasteiger partial charge < -0.3 is 0 Å². The number of nitrogens with zero attached hydrogens (tertiary/aromatic N) is 5. The van der Waals surface area contributed by atoms with Crippen LogP contribution in [0.25, 0.3) is 16.8 Å². The predicted octanol–water partition coefficient (Wildman–Crippen LogP) is 3.19. The van der Waals surface area contributed by atoms with Gasteiger partial charge in [0.1, 0.15) is 11.5 Å². The Bertz CT molecular complexity index is 1300. The average Bonchev–Trinajstić information content (AvgIpc) is 3.14. The van der Waals surface area contributed by atoms with Gasteiger partial charge in [-0.3, -0.25) is 9.38 Å². The van der Waals surface area contributed by atoms with E-state index in [0.29, 0.717) is 11.3 Å². The van der Waals surface area contributed by atoms with Gasteiger partial charge in [-0.05, 0) is 36.4 Å². The second-order valence-corrected chi connectivity index (χ2v) is 8.16. The first-order valence-corrected chi connectivity index (χ1v) is 10.1. The minimum Gasteiger partial charge on any atom is -0.298 e. The maximum atomic E-state index is 13.4. The van der Waals surface area contributed by atoms with Crippen molar-refractivity contribution in [3.8, 4) is 11.1 Å². The van der Waals surface area contributed by atoms with Crippen molar-refractivity contribution in [1.82, 2.24) is 18.8 Å². The van der Waals surface area contributed by atoms with E-state index in [0.717, 1.165) is 21.6 Å². The number of rotatable bonds is 5. The zero-order valence-electron chi connectivity index (χ0n) is 15.3. The SMILES string of the molecule is CN(/N=C/c1cnc2ccc(-c3cccnc3)cn12)S(=O)(=O)c1cccc(F)c1. The summed E-state index contributed by atoms with van der Waals surface area (Å²) in [6, 6.07) is 12.4. The van der Waals surface area contributed by atoms with Crippen LogP contribution in [-0.2, 0) is 10.0 Å². The van der Waals surface area contributed by atoms with Crippen LogP contribution >= 0.6 is 0 Å². The first-order chi connectivity index (χ1) is 13.9. The molecule has 0 spiro atoms. The number of hydrazone groups is 1. The van der Waals surface area contributed by atoms with Crippen LogP contribution in [0, 0.1) is 5.82 Å². The van der Waals surface area contributed by atoms with Crippen LogP contribution in [0.3, 0.4) is 0 Å². The van der Waals surface area contributed by atoms with Gasteiger partial charge in [0.25, 0.3) is 10.0 Å². The smallest absolute Gasteiger partial charge is 0.278 e. The number of pyridine rings is 2. The molecule has 1 aromatic carbocycles. The van der Waals surface area contributed by atoms with Crippen LogP contribution in [0.1, 0.15) is 5.69 Å². The van der Waals surface area contributed by atoms with Crippen LogP contribution in [0.5, 0.6) is 0 Å². The van der Waals surface area contributed by atoms with E-state index in [2.05, 4.69) is 15.1 Å². The highest BCUT2D eigenvalue weighted by atomic mass is 32.2. The Hall–Kier alpha value is -3.59. The fourth-order valence-corrected chi connectivity index (χ4v) is 3.77. The maximum Gasteiger partial charge on any atom is 0.278 e. The van der Waals surface area contributed by atoms with Crippen molar-refractivity contribution in [2.45, 2.75) is 4.90 Å². The van der Waals surface area contributed by atoms with Crippen LogP contribution in [0.4, 0.5) is 4.39 Å². The molecule has 3 heterocycles. The lowest BCUT2D eigenvalue weighted by molar-refractivity contribution is 0.489. The first kappa shape index (κ1) is 18.8. The third-order valence-electron chi connectivity index (χ3n) is 4.32. The average molecular weight is 409 g/mol. The van der Waals surface area contributed by atoms with E-state index in [4.69, 9.17) is 0 Å². The van der Waals surface area contributed by atoms with E-state index in [9.17, 15) is 12.8 Å². The Balaban J connectivity index is 1.66. The number of fused-ring (bicyclic) bond motifs is 1. The molecule has 0 aliphatic carbocycles. The standard InChI is InChI=1S/C20H16FN5O2S/c1-25(29(27,28)19-6-2-5-17(21)10-19)24-13-18-12-23-20-8-7-16(14-26(18)20)15-4-3-9-22-11-15/h2-14H,1H3/b24-13+. The molecule has 0 saturated carbocycles. The van der Waals surface area contributed by atoms with Gasteiger partial charge in [0, 0.05) is 36.8 Å². The molecule has 0 atom stereocenters. The molecule has 0 aliphatic heterocycles. The summed E-state index contributed by atoms with van der Waals surface area (Å²) in [4.78, 5) is 8.25. The van der Waals surface area contributed by atoms with Gasteiger partial charge in [-0.25, -0.2) is 9.37 Å². The fourth-order valence-electron chi connectivity index (χ4n) is 2.78. The highest BCUT2D eigenvalue weighted by Gasteiger charge is 2.19. The summed E-state index contributed by atoms with van der Waals surface area (Å²) in [6.07, 6.45) is 8.32. The summed E-state index contributed by atoms with van der Waals surface area (Å²) in [7, 11) is -2.67. The molecule has 7 nitrogen and oxygen atoms in total. The number of imidazole rings is 1. The highest BCUT2D eigenvalue weighted by molar-refractivity contribution is 7.89. The molecular weight excluding hydrogens is 393 g/mol. The van der Waals surface area contributed by atoms with Gasteiger partial charge in [0.15, 0.2) is 0 Å². The Labute approximate surface area is 166 Å². The van der Waals surface area contributed by atoms with Gasteiger partial charge in [0.05, 0.1) is 23.0 Å². The topological polar surface area (TPSA) is 79.9 Å². The fraction of sp³-hybridized carbons (Fsp3) is 0.0500.